The van der Waals surface area contributed by atoms with Gasteiger partial charge < -0.3 is 14.0 Å². The predicted octanol–water partition coefficient (Wildman–Crippen LogP) is 4.62. The Morgan fingerprint density at radius 1 is 0.963 bits per heavy atom. The number of benzene rings is 2. The van der Waals surface area contributed by atoms with E-state index in [1.807, 2.05) is 54.6 Å². The molecule has 0 aliphatic rings. The lowest BCUT2D eigenvalue weighted by Crippen LogP contribution is -1.97. The van der Waals surface area contributed by atoms with E-state index in [1.165, 1.54) is 0 Å². The van der Waals surface area contributed by atoms with Crippen molar-refractivity contribution in [2.75, 3.05) is 0 Å². The topological polar surface area (TPSA) is 77.9 Å². The number of aromatic amines is 1. The number of hydrogen-bond acceptors (Lipinski definition) is 5. The average molecular weight is 378 g/mol. The second-order valence-electron chi connectivity index (χ2n) is 5.82. The van der Waals surface area contributed by atoms with Gasteiger partial charge in [0.05, 0.1) is 22.1 Å². The van der Waals surface area contributed by atoms with Crippen molar-refractivity contribution in [3.63, 3.8) is 0 Å². The number of fused-ring (bicyclic) bond motifs is 2. The Morgan fingerprint density at radius 2 is 1.81 bits per heavy atom. The molecule has 0 bridgehead atoms. The number of halogens is 1. The fourth-order valence-electron chi connectivity index (χ4n) is 2.91. The Balaban J connectivity index is 1.47. The molecule has 7 nitrogen and oxygen atoms in total. The third-order valence-corrected chi connectivity index (χ3v) is 4.29. The summed E-state index contributed by atoms with van der Waals surface area (Å²) in [6.07, 6.45) is 1.69. The van der Waals surface area contributed by atoms with Crippen LogP contribution in [0.1, 0.15) is 0 Å². The van der Waals surface area contributed by atoms with E-state index < -0.39 is 0 Å². The molecule has 0 spiro atoms. The summed E-state index contributed by atoms with van der Waals surface area (Å²) in [4.78, 5) is 11.9. The van der Waals surface area contributed by atoms with Crippen LogP contribution in [-0.4, -0.2) is 24.7 Å². The van der Waals surface area contributed by atoms with Gasteiger partial charge in [0.25, 0.3) is 11.9 Å². The number of para-hydroxylation sites is 2. The van der Waals surface area contributed by atoms with Crippen LogP contribution in [0.4, 0.5) is 0 Å². The Bertz CT molecular complexity index is 1210. The van der Waals surface area contributed by atoms with Crippen molar-refractivity contribution >= 4 is 33.9 Å². The lowest BCUT2D eigenvalue weighted by Gasteiger charge is -2.05. The summed E-state index contributed by atoms with van der Waals surface area (Å²) in [5.41, 5.74) is 3.23. The molecule has 0 fully saturated rings. The second kappa shape index (κ2) is 6.30. The lowest BCUT2D eigenvalue weighted by atomic mass is 10.3. The first kappa shape index (κ1) is 15.7. The highest BCUT2D eigenvalue weighted by molar-refractivity contribution is 6.10. The van der Waals surface area contributed by atoms with Crippen molar-refractivity contribution in [3.8, 4) is 23.3 Å². The molecule has 1 N–H and O–H groups in total. The van der Waals surface area contributed by atoms with Gasteiger partial charge in [-0.15, -0.1) is 5.10 Å². The Hall–Kier alpha value is -3.58. The number of nitrogens with zero attached hydrogens (tertiary/aromatic N) is 4. The number of hydrogen-bond donors (Lipinski definition) is 1. The standard InChI is InChI=1S/C19H12ClN5O2/c20-27-18-14-4-3-11-21-17(14)25(24-18)12-7-9-13(10-8-12)26-19-22-15-5-1-2-6-16(15)23-19/h1-11H,(H,22,23). The minimum absolute atomic E-state index is 0.308. The third-order valence-electron chi connectivity index (χ3n) is 4.15. The van der Waals surface area contributed by atoms with Crippen LogP contribution in [0.5, 0.6) is 17.6 Å². The van der Waals surface area contributed by atoms with Crippen molar-refractivity contribution in [2.24, 2.45) is 0 Å². The van der Waals surface area contributed by atoms with Crippen molar-refractivity contribution in [2.45, 2.75) is 0 Å². The Kier molecular flexibility index (Phi) is 3.65. The highest BCUT2D eigenvalue weighted by Crippen LogP contribution is 2.28. The lowest BCUT2D eigenvalue weighted by molar-refractivity contribution is 0.449. The van der Waals surface area contributed by atoms with Crippen LogP contribution in [-0.2, 0) is 0 Å². The van der Waals surface area contributed by atoms with E-state index in [4.69, 9.17) is 20.9 Å². The van der Waals surface area contributed by atoms with Gasteiger partial charge in [0, 0.05) is 6.20 Å². The summed E-state index contributed by atoms with van der Waals surface area (Å²) in [6, 6.07) is 19.3. The number of ether oxygens (including phenoxy) is 1. The molecule has 3 aromatic heterocycles. The first-order valence-electron chi connectivity index (χ1n) is 8.17. The van der Waals surface area contributed by atoms with Crippen LogP contribution in [0.15, 0.2) is 66.9 Å². The van der Waals surface area contributed by atoms with Gasteiger partial charge in [-0.05, 0) is 48.5 Å². The Labute approximate surface area is 158 Å². The van der Waals surface area contributed by atoms with E-state index in [-0.39, 0.29) is 0 Å². The molecule has 0 aliphatic heterocycles. The van der Waals surface area contributed by atoms with Gasteiger partial charge >= 0.3 is 0 Å². The van der Waals surface area contributed by atoms with E-state index in [0.29, 0.717) is 23.3 Å². The van der Waals surface area contributed by atoms with Gasteiger partial charge in [0.1, 0.15) is 17.6 Å². The number of pyridine rings is 1. The van der Waals surface area contributed by atoms with Crippen LogP contribution in [0.2, 0.25) is 0 Å². The zero-order chi connectivity index (χ0) is 18.2. The fourth-order valence-corrected chi connectivity index (χ4v) is 3.02. The number of nitrogens with one attached hydrogen (secondary N) is 1. The monoisotopic (exact) mass is 377 g/mol. The molecule has 8 heteroatoms. The predicted molar refractivity (Wildman–Crippen MR) is 102 cm³/mol. The first-order valence-corrected chi connectivity index (χ1v) is 8.48. The highest BCUT2D eigenvalue weighted by Gasteiger charge is 2.14. The molecule has 0 unspecified atom stereocenters. The smallest absolute Gasteiger partial charge is 0.300 e. The molecular weight excluding hydrogens is 366 g/mol. The van der Waals surface area contributed by atoms with Crippen LogP contribution >= 0.6 is 11.9 Å². The summed E-state index contributed by atoms with van der Waals surface area (Å²) in [5, 5.41) is 5.09. The SMILES string of the molecule is ClOc1nn(-c2ccc(Oc3nc4ccccc4[nH]3)cc2)c2ncccc12. The van der Waals surface area contributed by atoms with E-state index in [2.05, 4.69) is 20.1 Å². The first-order chi connectivity index (χ1) is 13.3. The number of rotatable bonds is 4. The largest absolute Gasteiger partial charge is 0.426 e. The van der Waals surface area contributed by atoms with Crippen LogP contribution in [0.25, 0.3) is 27.8 Å². The van der Waals surface area contributed by atoms with Gasteiger partial charge in [-0.25, -0.2) is 9.67 Å². The number of H-pyrrole nitrogens is 1. The van der Waals surface area contributed by atoms with Gasteiger partial charge in [-0.3, -0.25) is 0 Å². The van der Waals surface area contributed by atoms with Crippen LogP contribution < -0.4 is 9.03 Å². The molecule has 0 saturated heterocycles. The molecular formula is C19H12ClN5O2. The molecule has 0 aliphatic carbocycles. The second-order valence-corrected chi connectivity index (χ2v) is 5.98. The zero-order valence-electron chi connectivity index (χ0n) is 13.8. The van der Waals surface area contributed by atoms with E-state index >= 15 is 0 Å². The molecule has 2 aromatic carbocycles. The fraction of sp³-hybridized carbons (Fsp3) is 0. The van der Waals surface area contributed by atoms with Crippen LogP contribution in [0, 0.1) is 0 Å². The minimum atomic E-state index is 0.308. The Morgan fingerprint density at radius 3 is 2.63 bits per heavy atom. The summed E-state index contributed by atoms with van der Waals surface area (Å²) < 4.78 is 12.3. The maximum atomic E-state index is 5.81. The number of aromatic nitrogens is 5. The summed E-state index contributed by atoms with van der Waals surface area (Å²) in [7, 11) is 0. The van der Waals surface area contributed by atoms with Crippen molar-refractivity contribution in [1.29, 1.82) is 0 Å². The quantitative estimate of drug-likeness (QED) is 0.494. The molecule has 5 rings (SSSR count). The molecule has 0 atom stereocenters. The average Bonchev–Trinajstić information content (AvgIpc) is 3.29. The molecule has 5 aromatic rings. The molecule has 0 radical (unpaired) electrons. The third kappa shape index (κ3) is 2.74. The molecule has 3 heterocycles. The molecule has 0 amide bonds. The van der Waals surface area contributed by atoms with Gasteiger partial charge in [0.2, 0.25) is 0 Å². The van der Waals surface area contributed by atoms with Gasteiger partial charge in [-0.1, -0.05) is 12.1 Å². The summed E-state index contributed by atoms with van der Waals surface area (Å²) in [5.74, 6) is 0.957. The van der Waals surface area contributed by atoms with Gasteiger partial charge in [0.15, 0.2) is 5.65 Å². The van der Waals surface area contributed by atoms with Crippen molar-refractivity contribution in [1.82, 2.24) is 24.7 Å². The van der Waals surface area contributed by atoms with Crippen molar-refractivity contribution in [3.05, 3.63) is 66.9 Å². The summed E-state index contributed by atoms with van der Waals surface area (Å²) in [6.45, 7) is 0. The molecule has 27 heavy (non-hydrogen) atoms. The molecule has 0 saturated carbocycles. The highest BCUT2D eigenvalue weighted by atomic mass is 35.5. The van der Waals surface area contributed by atoms with E-state index in [9.17, 15) is 0 Å². The molecule has 132 valence electrons. The maximum Gasteiger partial charge on any atom is 0.300 e. The maximum absolute atomic E-state index is 5.81. The summed E-state index contributed by atoms with van der Waals surface area (Å²) >= 11 is 5.52. The van der Waals surface area contributed by atoms with E-state index in [1.54, 1.807) is 16.9 Å². The minimum Gasteiger partial charge on any atom is -0.426 e. The van der Waals surface area contributed by atoms with Crippen LogP contribution in [0.3, 0.4) is 0 Å². The van der Waals surface area contributed by atoms with Gasteiger partial charge in [-0.2, -0.15) is 4.98 Å². The normalized spacial score (nSPS) is 11.1. The van der Waals surface area contributed by atoms with Crippen molar-refractivity contribution < 1.29 is 9.03 Å². The van der Waals surface area contributed by atoms with E-state index in [0.717, 1.165) is 22.1 Å². The number of imidazole rings is 1. The zero-order valence-corrected chi connectivity index (χ0v) is 14.6.